The molecule has 0 saturated carbocycles. The van der Waals surface area contributed by atoms with Gasteiger partial charge in [0.05, 0.1) is 5.56 Å². The van der Waals surface area contributed by atoms with Crippen LogP contribution >= 0.6 is 0 Å². The molecule has 4 atom stereocenters. The van der Waals surface area contributed by atoms with Crippen LogP contribution in [0, 0.1) is 13.8 Å². The summed E-state index contributed by atoms with van der Waals surface area (Å²) in [4.78, 5) is 30.9. The van der Waals surface area contributed by atoms with E-state index < -0.39 is 5.91 Å². The summed E-state index contributed by atoms with van der Waals surface area (Å²) in [5.41, 5.74) is 28.3. The molecule has 2 saturated heterocycles. The smallest absolute Gasteiger partial charge is 0.259 e. The van der Waals surface area contributed by atoms with E-state index in [2.05, 4.69) is 10.6 Å². The molecule has 2 aliphatic rings. The molecule has 3 aromatic rings. The predicted molar refractivity (Wildman–Crippen MR) is 161 cm³/mol. The highest BCUT2D eigenvalue weighted by molar-refractivity contribution is 6.06. The second-order valence-corrected chi connectivity index (χ2v) is 11.2. The minimum Gasteiger partial charge on any atom is -0.507 e. The number of aromatic hydroxyl groups is 1. The van der Waals surface area contributed by atoms with Gasteiger partial charge >= 0.3 is 0 Å². The van der Waals surface area contributed by atoms with E-state index in [1.807, 2.05) is 35.8 Å². The Hall–Kier alpha value is -4.04. The standard InChI is InChI=1S/C28H39N11O2/c1-15-3-5-22(24(40)7-15)25(41)33-21-4-6-23(16(2)8-21)34-26-35-27(38-11-17(29)9-18(30)12-38)37-28(36-26)39-13-19(31)10-20(32)14-39/h3-8,17-20,40H,9-14,29-32H2,1-2H3,(H,33,41)(H,34,35,36,37)/t17-,18+,19-,20+. The molecule has 0 unspecified atom stereocenters. The molecular weight excluding hydrogens is 522 g/mol. The number of rotatable bonds is 6. The number of aromatic nitrogens is 3. The fourth-order valence-corrected chi connectivity index (χ4v) is 5.41. The summed E-state index contributed by atoms with van der Waals surface area (Å²) < 4.78 is 0. The van der Waals surface area contributed by atoms with Gasteiger partial charge in [0.15, 0.2) is 0 Å². The van der Waals surface area contributed by atoms with Gasteiger partial charge in [0.25, 0.3) is 5.91 Å². The molecule has 0 bridgehead atoms. The van der Waals surface area contributed by atoms with Crippen LogP contribution < -0.4 is 43.4 Å². The number of hydrogen-bond acceptors (Lipinski definition) is 12. The lowest BCUT2D eigenvalue weighted by Gasteiger charge is -2.37. The molecule has 41 heavy (non-hydrogen) atoms. The zero-order valence-corrected chi connectivity index (χ0v) is 23.4. The third-order valence-electron chi connectivity index (χ3n) is 7.34. The van der Waals surface area contributed by atoms with Gasteiger partial charge in [-0.2, -0.15) is 15.0 Å². The molecule has 3 heterocycles. The van der Waals surface area contributed by atoms with Crippen molar-refractivity contribution in [3.8, 4) is 5.75 Å². The molecule has 2 aromatic carbocycles. The molecule has 5 rings (SSSR count). The van der Waals surface area contributed by atoms with Gasteiger partial charge in [0.2, 0.25) is 17.8 Å². The molecule has 2 aliphatic heterocycles. The van der Waals surface area contributed by atoms with Crippen LogP contribution in [0.2, 0.25) is 0 Å². The van der Waals surface area contributed by atoms with E-state index in [1.54, 1.807) is 24.3 Å². The first kappa shape index (κ1) is 28.5. The number of anilines is 5. The fourth-order valence-electron chi connectivity index (χ4n) is 5.41. The van der Waals surface area contributed by atoms with Gasteiger partial charge in [0, 0.05) is 61.7 Å². The van der Waals surface area contributed by atoms with Crippen molar-refractivity contribution < 1.29 is 9.90 Å². The molecule has 13 heteroatoms. The molecule has 0 radical (unpaired) electrons. The number of piperidine rings is 2. The number of phenols is 1. The number of nitrogens with one attached hydrogen (secondary N) is 2. The molecule has 218 valence electrons. The molecule has 0 spiro atoms. The molecule has 0 aliphatic carbocycles. The lowest BCUT2D eigenvalue weighted by Crippen LogP contribution is -2.54. The summed E-state index contributed by atoms with van der Waals surface area (Å²) in [6.45, 7) is 6.09. The molecule has 1 aromatic heterocycles. The monoisotopic (exact) mass is 561 g/mol. The molecular formula is C28H39N11O2. The minimum atomic E-state index is -0.398. The largest absolute Gasteiger partial charge is 0.507 e. The van der Waals surface area contributed by atoms with Crippen LogP contribution in [0.5, 0.6) is 5.75 Å². The Balaban J connectivity index is 1.40. The van der Waals surface area contributed by atoms with Crippen LogP contribution in [0.25, 0.3) is 0 Å². The minimum absolute atomic E-state index is 0.0646. The molecule has 2 fully saturated rings. The van der Waals surface area contributed by atoms with Crippen LogP contribution in [0.15, 0.2) is 36.4 Å². The van der Waals surface area contributed by atoms with E-state index in [4.69, 9.17) is 37.9 Å². The quantitative estimate of drug-likeness (QED) is 0.224. The predicted octanol–water partition coefficient (Wildman–Crippen LogP) is 0.919. The van der Waals surface area contributed by atoms with Crippen molar-refractivity contribution in [2.75, 3.05) is 46.6 Å². The number of carbonyl (C=O) groups is 1. The summed E-state index contributed by atoms with van der Waals surface area (Å²) >= 11 is 0. The van der Waals surface area contributed by atoms with E-state index in [1.165, 1.54) is 0 Å². The van der Waals surface area contributed by atoms with E-state index in [0.29, 0.717) is 49.7 Å². The van der Waals surface area contributed by atoms with Crippen molar-refractivity contribution in [1.29, 1.82) is 0 Å². The van der Waals surface area contributed by atoms with Crippen molar-refractivity contribution in [1.82, 2.24) is 15.0 Å². The summed E-state index contributed by atoms with van der Waals surface area (Å²) in [5, 5.41) is 16.3. The van der Waals surface area contributed by atoms with E-state index in [0.717, 1.165) is 29.7 Å². The molecule has 13 nitrogen and oxygen atoms in total. The van der Waals surface area contributed by atoms with Crippen LogP contribution in [0.3, 0.4) is 0 Å². The topological polar surface area (TPSA) is 211 Å². The highest BCUT2D eigenvalue weighted by Gasteiger charge is 2.29. The number of phenolic OH excluding ortho intramolecular Hbond substituents is 1. The number of nitrogens with two attached hydrogens (primary N) is 4. The number of benzene rings is 2. The Kier molecular flexibility index (Phi) is 8.22. The maximum atomic E-state index is 12.7. The SMILES string of the molecule is Cc1ccc(C(=O)Nc2ccc(Nc3nc(N4C[C@H](N)C[C@H](N)C4)nc(N4C[C@H](N)C[C@H](N)C4)n3)c(C)c2)c(O)c1. The number of amides is 1. The van der Waals surface area contributed by atoms with Crippen molar-refractivity contribution in [2.24, 2.45) is 22.9 Å². The Bertz CT molecular complexity index is 1350. The number of nitrogens with zero attached hydrogens (tertiary/aromatic N) is 5. The average Bonchev–Trinajstić information content (AvgIpc) is 2.89. The van der Waals surface area contributed by atoms with Gasteiger partial charge in [-0.3, -0.25) is 4.79 Å². The van der Waals surface area contributed by atoms with E-state index in [9.17, 15) is 9.90 Å². The first-order valence-corrected chi connectivity index (χ1v) is 13.8. The maximum Gasteiger partial charge on any atom is 0.259 e. The van der Waals surface area contributed by atoms with Crippen molar-refractivity contribution >= 4 is 35.1 Å². The van der Waals surface area contributed by atoms with Gasteiger partial charge in [-0.25, -0.2) is 0 Å². The maximum absolute atomic E-state index is 12.7. The van der Waals surface area contributed by atoms with Gasteiger partial charge in [-0.05, 0) is 68.1 Å². The second-order valence-electron chi connectivity index (χ2n) is 11.2. The highest BCUT2D eigenvalue weighted by atomic mass is 16.3. The first-order valence-electron chi connectivity index (χ1n) is 13.8. The Labute approximate surface area is 239 Å². The summed E-state index contributed by atoms with van der Waals surface area (Å²) in [6.07, 6.45) is 1.47. The van der Waals surface area contributed by atoms with Gasteiger partial charge < -0.3 is 48.5 Å². The van der Waals surface area contributed by atoms with Crippen LogP contribution in [0.4, 0.5) is 29.2 Å². The van der Waals surface area contributed by atoms with Gasteiger partial charge in [-0.1, -0.05) is 6.07 Å². The molecule has 1 amide bonds. The lowest BCUT2D eigenvalue weighted by atomic mass is 10.0. The van der Waals surface area contributed by atoms with Crippen LogP contribution in [-0.2, 0) is 0 Å². The normalized spacial score (nSPS) is 22.9. The first-order chi connectivity index (χ1) is 19.5. The second kappa shape index (κ2) is 11.8. The van der Waals surface area contributed by atoms with Crippen LogP contribution in [-0.4, -0.2) is 76.3 Å². The summed E-state index contributed by atoms with van der Waals surface area (Å²) in [5.74, 6) is 0.857. The number of aryl methyl sites for hydroxylation is 2. The summed E-state index contributed by atoms with van der Waals surface area (Å²) in [7, 11) is 0. The fraction of sp³-hybridized carbons (Fsp3) is 0.429. The lowest BCUT2D eigenvalue weighted by molar-refractivity contribution is 0.102. The third kappa shape index (κ3) is 6.82. The Morgan fingerprint density at radius 3 is 1.90 bits per heavy atom. The third-order valence-corrected chi connectivity index (χ3v) is 7.34. The Morgan fingerprint density at radius 1 is 0.829 bits per heavy atom. The van der Waals surface area contributed by atoms with Crippen molar-refractivity contribution in [3.05, 3.63) is 53.1 Å². The number of hydrogen-bond donors (Lipinski definition) is 7. The zero-order chi connectivity index (χ0) is 29.3. The van der Waals surface area contributed by atoms with Crippen molar-refractivity contribution in [2.45, 2.75) is 50.9 Å². The number of carbonyl (C=O) groups excluding carboxylic acids is 1. The van der Waals surface area contributed by atoms with Crippen molar-refractivity contribution in [3.63, 3.8) is 0 Å². The van der Waals surface area contributed by atoms with E-state index >= 15 is 0 Å². The summed E-state index contributed by atoms with van der Waals surface area (Å²) in [6, 6.07) is 10.0. The van der Waals surface area contributed by atoms with Crippen LogP contribution in [0.1, 0.15) is 34.3 Å². The van der Waals surface area contributed by atoms with Gasteiger partial charge in [-0.15, -0.1) is 0 Å². The average molecular weight is 562 g/mol. The van der Waals surface area contributed by atoms with Gasteiger partial charge in [0.1, 0.15) is 5.75 Å². The van der Waals surface area contributed by atoms with E-state index in [-0.39, 0.29) is 35.5 Å². The zero-order valence-electron chi connectivity index (χ0n) is 23.4. The molecule has 11 N–H and O–H groups in total. The Morgan fingerprint density at radius 2 is 1.39 bits per heavy atom. The highest BCUT2D eigenvalue weighted by Crippen LogP contribution is 2.27.